The lowest BCUT2D eigenvalue weighted by Crippen LogP contribution is -2.25. The zero-order valence-corrected chi connectivity index (χ0v) is 14.1. The van der Waals surface area contributed by atoms with Gasteiger partial charge in [0, 0.05) is 32.8 Å². The first kappa shape index (κ1) is 14.2. The molecule has 1 aliphatic rings. The first-order valence-corrected chi connectivity index (χ1v) is 8.65. The number of aromatic nitrogens is 2. The van der Waals surface area contributed by atoms with Crippen molar-refractivity contribution >= 4 is 27.3 Å². The standard InChI is InChI=1S/C15H18BrN3S/c1-3-17-12-5-4-6-13-10(12)8-18-15(19-13)14-7-11(16)9(2)20-14/h7-8,12,17H,3-6H2,1-2H3. The van der Waals surface area contributed by atoms with Crippen LogP contribution in [0.5, 0.6) is 0 Å². The molecule has 0 aromatic carbocycles. The van der Waals surface area contributed by atoms with Gasteiger partial charge in [0.15, 0.2) is 5.82 Å². The second-order valence-corrected chi connectivity index (χ2v) is 7.22. The van der Waals surface area contributed by atoms with Crippen molar-refractivity contribution in [3.05, 3.63) is 32.9 Å². The predicted octanol–water partition coefficient (Wildman–Crippen LogP) is 4.26. The average molecular weight is 352 g/mol. The van der Waals surface area contributed by atoms with Crippen LogP contribution in [0.2, 0.25) is 0 Å². The van der Waals surface area contributed by atoms with Crippen molar-refractivity contribution in [2.75, 3.05) is 6.54 Å². The molecule has 1 unspecified atom stereocenters. The van der Waals surface area contributed by atoms with Gasteiger partial charge >= 0.3 is 0 Å². The van der Waals surface area contributed by atoms with Gasteiger partial charge < -0.3 is 5.32 Å². The molecular weight excluding hydrogens is 334 g/mol. The van der Waals surface area contributed by atoms with Crippen LogP contribution < -0.4 is 5.32 Å². The normalized spacial score (nSPS) is 18.1. The molecule has 20 heavy (non-hydrogen) atoms. The minimum atomic E-state index is 0.426. The van der Waals surface area contributed by atoms with Crippen LogP contribution in [0.1, 0.15) is 41.9 Å². The molecule has 1 atom stereocenters. The predicted molar refractivity (Wildman–Crippen MR) is 87.1 cm³/mol. The molecule has 0 saturated carbocycles. The molecule has 3 rings (SSSR count). The lowest BCUT2D eigenvalue weighted by Gasteiger charge is -2.25. The molecule has 2 aromatic heterocycles. The highest BCUT2D eigenvalue weighted by molar-refractivity contribution is 9.10. The summed E-state index contributed by atoms with van der Waals surface area (Å²) in [4.78, 5) is 11.8. The number of hydrogen-bond donors (Lipinski definition) is 1. The van der Waals surface area contributed by atoms with Gasteiger partial charge in [-0.2, -0.15) is 0 Å². The van der Waals surface area contributed by atoms with Crippen LogP contribution in [0.3, 0.4) is 0 Å². The summed E-state index contributed by atoms with van der Waals surface area (Å²) in [7, 11) is 0. The van der Waals surface area contributed by atoms with Crippen molar-refractivity contribution in [2.45, 2.75) is 39.2 Å². The van der Waals surface area contributed by atoms with Crippen molar-refractivity contribution < 1.29 is 0 Å². The van der Waals surface area contributed by atoms with E-state index in [2.05, 4.69) is 46.1 Å². The molecule has 3 nitrogen and oxygen atoms in total. The van der Waals surface area contributed by atoms with E-state index in [9.17, 15) is 0 Å². The third-order valence-corrected chi connectivity index (χ3v) is 5.84. The Bertz CT molecular complexity index is 604. The summed E-state index contributed by atoms with van der Waals surface area (Å²) in [6.45, 7) is 5.25. The van der Waals surface area contributed by atoms with Gasteiger partial charge in [-0.1, -0.05) is 6.92 Å². The summed E-state index contributed by atoms with van der Waals surface area (Å²) in [5.41, 5.74) is 2.50. The molecule has 0 amide bonds. The molecule has 0 aliphatic heterocycles. The van der Waals surface area contributed by atoms with Crippen LogP contribution in [0, 0.1) is 6.92 Å². The summed E-state index contributed by atoms with van der Waals surface area (Å²) in [5, 5.41) is 3.53. The summed E-state index contributed by atoms with van der Waals surface area (Å²) in [6, 6.07) is 2.54. The Morgan fingerprint density at radius 3 is 3.05 bits per heavy atom. The Hall–Kier alpha value is -0.780. The molecule has 106 valence electrons. The fraction of sp³-hybridized carbons (Fsp3) is 0.467. The van der Waals surface area contributed by atoms with Gasteiger partial charge in [0.1, 0.15) is 0 Å². The largest absolute Gasteiger partial charge is 0.310 e. The Morgan fingerprint density at radius 2 is 2.35 bits per heavy atom. The number of nitrogens with one attached hydrogen (secondary N) is 1. The third-order valence-electron chi connectivity index (χ3n) is 3.71. The highest BCUT2D eigenvalue weighted by atomic mass is 79.9. The first-order chi connectivity index (χ1) is 9.69. The molecule has 0 bridgehead atoms. The van der Waals surface area contributed by atoms with Crippen LogP contribution >= 0.6 is 27.3 Å². The second-order valence-electron chi connectivity index (χ2n) is 5.11. The van der Waals surface area contributed by atoms with E-state index >= 15 is 0 Å². The molecule has 0 fully saturated rings. The summed E-state index contributed by atoms with van der Waals surface area (Å²) in [5.74, 6) is 0.861. The highest BCUT2D eigenvalue weighted by Crippen LogP contribution is 2.34. The smallest absolute Gasteiger partial charge is 0.169 e. The van der Waals surface area contributed by atoms with Gasteiger partial charge in [0.2, 0.25) is 0 Å². The molecule has 0 saturated heterocycles. The minimum absolute atomic E-state index is 0.426. The molecule has 0 spiro atoms. The van der Waals surface area contributed by atoms with Crippen molar-refractivity contribution in [2.24, 2.45) is 0 Å². The van der Waals surface area contributed by atoms with Gasteiger partial charge in [-0.15, -0.1) is 11.3 Å². The number of nitrogens with zero attached hydrogens (tertiary/aromatic N) is 2. The van der Waals surface area contributed by atoms with E-state index in [1.54, 1.807) is 11.3 Å². The van der Waals surface area contributed by atoms with E-state index in [1.807, 2.05) is 6.20 Å². The average Bonchev–Trinajstić information content (AvgIpc) is 2.79. The lowest BCUT2D eigenvalue weighted by atomic mass is 9.92. The maximum atomic E-state index is 4.81. The van der Waals surface area contributed by atoms with E-state index in [0.717, 1.165) is 28.1 Å². The number of hydrogen-bond acceptors (Lipinski definition) is 4. The Morgan fingerprint density at radius 1 is 1.50 bits per heavy atom. The Labute approximate surface area is 132 Å². The minimum Gasteiger partial charge on any atom is -0.310 e. The van der Waals surface area contributed by atoms with E-state index < -0.39 is 0 Å². The number of aryl methyl sites for hydroxylation is 2. The van der Waals surface area contributed by atoms with Gasteiger partial charge in [-0.25, -0.2) is 9.97 Å². The van der Waals surface area contributed by atoms with E-state index in [0.29, 0.717) is 6.04 Å². The molecule has 5 heteroatoms. The number of thiophene rings is 1. The second kappa shape index (κ2) is 5.92. The molecule has 1 aliphatic carbocycles. The summed E-state index contributed by atoms with van der Waals surface area (Å²) in [6.07, 6.45) is 5.48. The van der Waals surface area contributed by atoms with Crippen LogP contribution in [-0.2, 0) is 6.42 Å². The molecular formula is C15H18BrN3S. The number of rotatable bonds is 3. The fourth-order valence-corrected chi connectivity index (χ4v) is 4.17. The molecule has 2 aromatic rings. The first-order valence-electron chi connectivity index (χ1n) is 7.04. The van der Waals surface area contributed by atoms with E-state index in [-0.39, 0.29) is 0 Å². The van der Waals surface area contributed by atoms with Gasteiger partial charge in [-0.3, -0.25) is 0 Å². The molecule has 0 radical (unpaired) electrons. The zero-order valence-electron chi connectivity index (χ0n) is 11.7. The van der Waals surface area contributed by atoms with E-state index in [1.165, 1.54) is 29.0 Å². The molecule has 1 N–H and O–H groups in total. The van der Waals surface area contributed by atoms with Crippen molar-refractivity contribution in [1.29, 1.82) is 0 Å². The van der Waals surface area contributed by atoms with Crippen molar-refractivity contribution in [3.63, 3.8) is 0 Å². The van der Waals surface area contributed by atoms with E-state index in [4.69, 9.17) is 4.98 Å². The number of fused-ring (bicyclic) bond motifs is 1. The van der Waals surface area contributed by atoms with Crippen LogP contribution in [0.4, 0.5) is 0 Å². The van der Waals surface area contributed by atoms with Crippen LogP contribution in [-0.4, -0.2) is 16.5 Å². The highest BCUT2D eigenvalue weighted by Gasteiger charge is 2.22. The Balaban J connectivity index is 1.96. The summed E-state index contributed by atoms with van der Waals surface area (Å²) >= 11 is 5.30. The lowest BCUT2D eigenvalue weighted by molar-refractivity contribution is 0.464. The zero-order chi connectivity index (χ0) is 14.1. The van der Waals surface area contributed by atoms with Gasteiger partial charge in [0.25, 0.3) is 0 Å². The Kier molecular flexibility index (Phi) is 4.19. The monoisotopic (exact) mass is 351 g/mol. The quantitative estimate of drug-likeness (QED) is 0.897. The maximum Gasteiger partial charge on any atom is 0.169 e. The summed E-state index contributed by atoms with van der Waals surface area (Å²) < 4.78 is 1.14. The molecule has 2 heterocycles. The maximum absolute atomic E-state index is 4.81. The SMILES string of the molecule is CCNC1CCCc2nc(-c3cc(Br)c(C)s3)ncc21. The topological polar surface area (TPSA) is 37.8 Å². The van der Waals surface area contributed by atoms with Crippen molar-refractivity contribution in [1.82, 2.24) is 15.3 Å². The van der Waals surface area contributed by atoms with Gasteiger partial charge in [0.05, 0.1) is 4.88 Å². The fourth-order valence-electron chi connectivity index (χ4n) is 2.69. The third kappa shape index (κ3) is 2.67. The number of halogens is 1. The van der Waals surface area contributed by atoms with Crippen LogP contribution in [0.25, 0.3) is 10.7 Å². The van der Waals surface area contributed by atoms with Gasteiger partial charge in [-0.05, 0) is 54.7 Å². The van der Waals surface area contributed by atoms with Crippen molar-refractivity contribution in [3.8, 4) is 10.7 Å². The van der Waals surface area contributed by atoms with Crippen LogP contribution in [0.15, 0.2) is 16.7 Å².